The molecule has 8 heteroatoms. The van der Waals surface area contributed by atoms with Gasteiger partial charge in [-0.05, 0) is 36.8 Å². The minimum Gasteiger partial charge on any atom is -0.478 e. The fourth-order valence-corrected chi connectivity index (χ4v) is 3.73. The molecule has 0 atom stereocenters. The first-order valence-electron chi connectivity index (χ1n) is 7.94. The van der Waals surface area contributed by atoms with E-state index in [4.69, 9.17) is 23.2 Å². The maximum Gasteiger partial charge on any atom is 0.337 e. The van der Waals surface area contributed by atoms with Crippen LogP contribution in [0.1, 0.15) is 21.6 Å². The van der Waals surface area contributed by atoms with Crippen LogP contribution in [0.2, 0.25) is 10.0 Å². The summed E-state index contributed by atoms with van der Waals surface area (Å²) >= 11 is 13.6. The van der Waals surface area contributed by atoms with Gasteiger partial charge in [-0.3, -0.25) is 0 Å². The van der Waals surface area contributed by atoms with Gasteiger partial charge >= 0.3 is 5.97 Å². The predicted molar refractivity (Wildman–Crippen MR) is 109 cm³/mol. The molecule has 138 valence electrons. The number of hydrogen-bond acceptors (Lipinski definition) is 5. The number of carboxylic acids is 1. The van der Waals surface area contributed by atoms with Crippen molar-refractivity contribution >= 4 is 52.4 Å². The largest absolute Gasteiger partial charge is 0.478 e. The first kappa shape index (κ1) is 19.5. The fraction of sp³-hybridized carbons (Fsp3) is 0.105. The molecule has 0 fully saturated rings. The first-order valence-corrected chi connectivity index (χ1v) is 9.68. The van der Waals surface area contributed by atoms with Crippen LogP contribution in [0.5, 0.6) is 0 Å². The second-order valence-corrected chi connectivity index (χ2v) is 7.46. The number of carboxylic acid groups (broad SMARTS) is 1. The molecule has 0 aliphatic heterocycles. The van der Waals surface area contributed by atoms with Crippen LogP contribution in [0, 0.1) is 6.92 Å². The number of halogens is 2. The van der Waals surface area contributed by atoms with E-state index in [9.17, 15) is 9.90 Å². The number of hydrogen-bond donors (Lipinski definition) is 2. The van der Waals surface area contributed by atoms with E-state index in [1.165, 1.54) is 23.9 Å². The molecule has 1 heterocycles. The van der Waals surface area contributed by atoms with Crippen molar-refractivity contribution in [2.24, 2.45) is 0 Å². The molecule has 2 aromatic carbocycles. The number of nitrogens with zero attached hydrogens (tertiary/aromatic N) is 2. The van der Waals surface area contributed by atoms with Gasteiger partial charge in [-0.2, -0.15) is 0 Å². The molecule has 0 spiro atoms. The summed E-state index contributed by atoms with van der Waals surface area (Å²) in [6.45, 7) is 1.85. The Morgan fingerprint density at radius 2 is 1.93 bits per heavy atom. The highest BCUT2D eigenvalue weighted by atomic mass is 35.5. The summed E-state index contributed by atoms with van der Waals surface area (Å²) in [7, 11) is 0. The third kappa shape index (κ3) is 5.13. The van der Waals surface area contributed by atoms with Crippen LogP contribution in [0.3, 0.4) is 0 Å². The lowest BCUT2D eigenvalue weighted by Gasteiger charge is -2.11. The number of aromatic carboxylic acids is 1. The molecular weight excluding hydrogens is 405 g/mol. The molecule has 3 aromatic rings. The van der Waals surface area contributed by atoms with Gasteiger partial charge in [-0.25, -0.2) is 14.8 Å². The second-order valence-electron chi connectivity index (χ2n) is 5.68. The molecule has 0 aliphatic rings. The molecule has 2 N–H and O–H groups in total. The molecule has 0 radical (unpaired) electrons. The molecule has 0 aliphatic carbocycles. The summed E-state index contributed by atoms with van der Waals surface area (Å²) in [5, 5.41) is 14.1. The summed E-state index contributed by atoms with van der Waals surface area (Å²) in [4.78, 5) is 20.3. The third-order valence-electron chi connectivity index (χ3n) is 3.62. The predicted octanol–water partition coefficient (Wildman–Crippen LogP) is 5.83. The minimum atomic E-state index is -1.05. The summed E-state index contributed by atoms with van der Waals surface area (Å²) in [5.41, 5.74) is 2.23. The standard InChI is InChI=1S/C19H15Cl2N3O2S/c1-11-8-17(23-16-9-13(20)6-7-14(16)18(25)26)24-19(22-11)27-10-12-4-2-3-5-15(12)21/h2-9H,10H2,1H3,(H,25,26)(H,22,23,24). The second kappa shape index (κ2) is 8.61. The van der Waals surface area contributed by atoms with Crippen molar-refractivity contribution in [3.63, 3.8) is 0 Å². The third-order valence-corrected chi connectivity index (χ3v) is 5.12. The van der Waals surface area contributed by atoms with Gasteiger partial charge in [0, 0.05) is 27.6 Å². The quantitative estimate of drug-likeness (QED) is 0.386. The number of nitrogens with one attached hydrogen (secondary N) is 1. The van der Waals surface area contributed by atoms with Gasteiger partial charge in [0.15, 0.2) is 5.16 Å². The summed E-state index contributed by atoms with van der Waals surface area (Å²) in [6, 6.07) is 13.9. The van der Waals surface area contributed by atoms with Crippen LogP contribution in [0.15, 0.2) is 53.7 Å². The van der Waals surface area contributed by atoms with Crippen molar-refractivity contribution in [2.45, 2.75) is 17.8 Å². The summed E-state index contributed by atoms with van der Waals surface area (Å²) in [5.74, 6) is 0.0716. The Bertz CT molecular complexity index is 998. The zero-order valence-electron chi connectivity index (χ0n) is 14.2. The maximum atomic E-state index is 11.4. The molecule has 0 saturated carbocycles. The number of thioether (sulfide) groups is 1. The Balaban J connectivity index is 1.83. The SMILES string of the molecule is Cc1cc(Nc2cc(Cl)ccc2C(=O)O)nc(SCc2ccccc2Cl)n1. The highest BCUT2D eigenvalue weighted by Crippen LogP contribution is 2.28. The average molecular weight is 420 g/mol. The number of aryl methyl sites for hydroxylation is 1. The van der Waals surface area contributed by atoms with Gasteiger partial charge in [-0.1, -0.05) is 53.2 Å². The van der Waals surface area contributed by atoms with Gasteiger partial charge in [0.2, 0.25) is 0 Å². The van der Waals surface area contributed by atoms with E-state index >= 15 is 0 Å². The Morgan fingerprint density at radius 1 is 1.15 bits per heavy atom. The van der Waals surface area contributed by atoms with E-state index in [2.05, 4.69) is 15.3 Å². The van der Waals surface area contributed by atoms with E-state index in [1.54, 1.807) is 12.1 Å². The smallest absolute Gasteiger partial charge is 0.337 e. The van der Waals surface area contributed by atoms with Gasteiger partial charge < -0.3 is 10.4 Å². The Kier molecular flexibility index (Phi) is 6.21. The van der Waals surface area contributed by atoms with E-state index < -0.39 is 5.97 Å². The zero-order chi connectivity index (χ0) is 19.4. The van der Waals surface area contributed by atoms with Gasteiger partial charge in [0.05, 0.1) is 11.3 Å². The molecule has 27 heavy (non-hydrogen) atoms. The molecule has 0 bridgehead atoms. The van der Waals surface area contributed by atoms with Crippen molar-refractivity contribution in [3.8, 4) is 0 Å². The number of rotatable bonds is 6. The monoisotopic (exact) mass is 419 g/mol. The van der Waals surface area contributed by atoms with Gasteiger partial charge in [0.25, 0.3) is 0 Å². The molecule has 0 amide bonds. The Morgan fingerprint density at radius 3 is 2.67 bits per heavy atom. The van der Waals surface area contributed by atoms with Crippen molar-refractivity contribution in [1.82, 2.24) is 9.97 Å². The van der Waals surface area contributed by atoms with Gasteiger partial charge in [0.1, 0.15) is 5.82 Å². The molecular formula is C19H15Cl2N3O2S. The van der Waals surface area contributed by atoms with E-state index in [-0.39, 0.29) is 5.56 Å². The van der Waals surface area contributed by atoms with Crippen LogP contribution < -0.4 is 5.32 Å². The fourth-order valence-electron chi connectivity index (χ4n) is 2.37. The maximum absolute atomic E-state index is 11.4. The zero-order valence-corrected chi connectivity index (χ0v) is 16.6. The topological polar surface area (TPSA) is 75.1 Å². The van der Waals surface area contributed by atoms with Gasteiger partial charge in [-0.15, -0.1) is 0 Å². The number of carbonyl (C=O) groups is 1. The van der Waals surface area contributed by atoms with Crippen LogP contribution in [-0.2, 0) is 5.75 Å². The van der Waals surface area contributed by atoms with Crippen molar-refractivity contribution in [2.75, 3.05) is 5.32 Å². The average Bonchev–Trinajstić information content (AvgIpc) is 2.60. The summed E-state index contributed by atoms with van der Waals surface area (Å²) in [6.07, 6.45) is 0. The number of benzene rings is 2. The Labute approximate surface area is 170 Å². The minimum absolute atomic E-state index is 0.112. The lowest BCUT2D eigenvalue weighted by atomic mass is 10.2. The lowest BCUT2D eigenvalue weighted by Crippen LogP contribution is -2.05. The molecule has 1 aromatic heterocycles. The lowest BCUT2D eigenvalue weighted by molar-refractivity contribution is 0.0698. The number of anilines is 2. The number of aromatic nitrogens is 2. The van der Waals surface area contributed by atoms with Crippen molar-refractivity contribution < 1.29 is 9.90 Å². The molecule has 5 nitrogen and oxygen atoms in total. The molecule has 3 rings (SSSR count). The van der Waals surface area contributed by atoms with Crippen LogP contribution in [-0.4, -0.2) is 21.0 Å². The summed E-state index contributed by atoms with van der Waals surface area (Å²) < 4.78 is 0. The van der Waals surface area contributed by atoms with Crippen LogP contribution >= 0.6 is 35.0 Å². The van der Waals surface area contributed by atoms with Crippen molar-refractivity contribution in [3.05, 3.63) is 75.4 Å². The Hall–Kier alpha value is -2.28. The molecule has 0 unspecified atom stereocenters. The van der Waals surface area contributed by atoms with E-state index in [0.29, 0.717) is 32.5 Å². The van der Waals surface area contributed by atoms with Crippen LogP contribution in [0.4, 0.5) is 11.5 Å². The normalized spacial score (nSPS) is 10.6. The molecule has 0 saturated heterocycles. The highest BCUT2D eigenvalue weighted by Gasteiger charge is 2.12. The van der Waals surface area contributed by atoms with Crippen molar-refractivity contribution in [1.29, 1.82) is 0 Å². The van der Waals surface area contributed by atoms with E-state index in [0.717, 1.165) is 11.3 Å². The highest BCUT2D eigenvalue weighted by molar-refractivity contribution is 7.98. The first-order chi connectivity index (χ1) is 12.9. The van der Waals surface area contributed by atoms with Crippen LogP contribution in [0.25, 0.3) is 0 Å². The van der Waals surface area contributed by atoms with E-state index in [1.807, 2.05) is 31.2 Å².